The Hall–Kier alpha value is -0.560. The van der Waals surface area contributed by atoms with Crippen molar-refractivity contribution in [3.8, 4) is 0 Å². The highest BCUT2D eigenvalue weighted by Gasteiger charge is 1.91. The summed E-state index contributed by atoms with van der Waals surface area (Å²) in [6, 6.07) is 0. The zero-order chi connectivity index (χ0) is 7.28. The van der Waals surface area contributed by atoms with Gasteiger partial charge in [-0.15, -0.1) is 0 Å². The molecular formula is C7H8ClF. The normalized spacial score (nSPS) is 13.7. The molecule has 0 aliphatic carbocycles. The van der Waals surface area contributed by atoms with Gasteiger partial charge in [0, 0.05) is 0 Å². The summed E-state index contributed by atoms with van der Waals surface area (Å²) >= 11 is 5.38. The highest BCUT2D eigenvalue weighted by molar-refractivity contribution is 6.31. The van der Waals surface area contributed by atoms with Gasteiger partial charge in [0.25, 0.3) is 0 Å². The third-order valence-corrected chi connectivity index (χ3v) is 1.03. The van der Waals surface area contributed by atoms with Gasteiger partial charge in [-0.2, -0.15) is 0 Å². The van der Waals surface area contributed by atoms with E-state index in [4.69, 9.17) is 11.6 Å². The van der Waals surface area contributed by atoms with E-state index in [0.717, 1.165) is 6.08 Å². The zero-order valence-corrected chi connectivity index (χ0v) is 5.95. The highest BCUT2D eigenvalue weighted by Crippen LogP contribution is 2.12. The third kappa shape index (κ3) is 3.09. The van der Waals surface area contributed by atoms with Crippen LogP contribution in [0.25, 0.3) is 0 Å². The third-order valence-electron chi connectivity index (χ3n) is 0.720. The maximum Gasteiger partial charge on any atom is 0.141 e. The van der Waals surface area contributed by atoms with Crippen LogP contribution in [0.5, 0.6) is 0 Å². The Bertz CT molecular complexity index is 156. The average molecular weight is 147 g/mol. The Labute approximate surface area is 59.3 Å². The van der Waals surface area contributed by atoms with Gasteiger partial charge in [-0.1, -0.05) is 24.3 Å². The van der Waals surface area contributed by atoms with E-state index in [1.54, 1.807) is 13.0 Å². The van der Waals surface area contributed by atoms with E-state index in [2.05, 4.69) is 6.58 Å². The Kier molecular flexibility index (Phi) is 4.06. The second kappa shape index (κ2) is 4.33. The summed E-state index contributed by atoms with van der Waals surface area (Å²) in [6.07, 6.45) is 4.20. The van der Waals surface area contributed by atoms with Crippen LogP contribution >= 0.6 is 11.6 Å². The first-order chi connectivity index (χ1) is 4.22. The van der Waals surface area contributed by atoms with E-state index < -0.39 is 5.83 Å². The number of hydrogen-bond donors (Lipinski definition) is 0. The molecule has 0 spiro atoms. The molecule has 0 nitrogen and oxygen atoms in total. The molecule has 0 heterocycles. The average Bonchev–Trinajstić information content (AvgIpc) is 1.87. The smallest absolute Gasteiger partial charge is 0.141 e. The minimum Gasteiger partial charge on any atom is -0.205 e. The summed E-state index contributed by atoms with van der Waals surface area (Å²) in [5.74, 6) is -0.491. The largest absolute Gasteiger partial charge is 0.205 e. The van der Waals surface area contributed by atoms with Gasteiger partial charge in [-0.25, -0.2) is 4.39 Å². The summed E-state index contributed by atoms with van der Waals surface area (Å²) in [6.45, 7) is 4.98. The van der Waals surface area contributed by atoms with Gasteiger partial charge in [0.15, 0.2) is 0 Å². The van der Waals surface area contributed by atoms with Crippen molar-refractivity contribution in [2.75, 3.05) is 0 Å². The molecule has 0 unspecified atom stereocenters. The molecule has 0 aromatic rings. The lowest BCUT2D eigenvalue weighted by molar-refractivity contribution is 0.665. The summed E-state index contributed by atoms with van der Waals surface area (Å²) in [4.78, 5) is 0. The first-order valence-electron chi connectivity index (χ1n) is 2.52. The van der Waals surface area contributed by atoms with E-state index >= 15 is 0 Å². The second-order valence-electron chi connectivity index (χ2n) is 1.40. The molecule has 0 bridgehead atoms. The van der Waals surface area contributed by atoms with Crippen LogP contribution in [0.1, 0.15) is 6.92 Å². The van der Waals surface area contributed by atoms with Crippen LogP contribution in [-0.4, -0.2) is 0 Å². The zero-order valence-electron chi connectivity index (χ0n) is 5.20. The predicted molar refractivity (Wildman–Crippen MR) is 39.0 cm³/mol. The molecule has 0 aromatic heterocycles. The van der Waals surface area contributed by atoms with E-state index in [1.165, 1.54) is 6.08 Å². The van der Waals surface area contributed by atoms with Crippen LogP contribution in [0.2, 0.25) is 0 Å². The van der Waals surface area contributed by atoms with E-state index in [-0.39, 0.29) is 5.03 Å². The quantitative estimate of drug-likeness (QED) is 0.525. The minimum absolute atomic E-state index is 0.0903. The highest BCUT2D eigenvalue weighted by atomic mass is 35.5. The van der Waals surface area contributed by atoms with Crippen LogP contribution in [0.4, 0.5) is 4.39 Å². The van der Waals surface area contributed by atoms with Gasteiger partial charge in [0.05, 0.1) is 5.03 Å². The molecule has 0 fully saturated rings. The van der Waals surface area contributed by atoms with Crippen LogP contribution < -0.4 is 0 Å². The summed E-state index contributed by atoms with van der Waals surface area (Å²) < 4.78 is 12.3. The van der Waals surface area contributed by atoms with Crippen molar-refractivity contribution in [2.24, 2.45) is 0 Å². The molecule has 0 saturated carbocycles. The molecule has 0 rings (SSSR count). The minimum atomic E-state index is -0.491. The van der Waals surface area contributed by atoms with E-state index in [0.29, 0.717) is 0 Å². The Morgan fingerprint density at radius 1 is 1.67 bits per heavy atom. The lowest BCUT2D eigenvalue weighted by atomic mass is 10.4. The SMILES string of the molecule is C=C/C(F)=C(Cl)\C=C/C. The molecule has 0 N–H and O–H groups in total. The first kappa shape index (κ1) is 8.44. The van der Waals surface area contributed by atoms with Crippen molar-refractivity contribution >= 4 is 11.6 Å². The van der Waals surface area contributed by atoms with E-state index in [1.807, 2.05) is 0 Å². The van der Waals surface area contributed by atoms with Gasteiger partial charge < -0.3 is 0 Å². The first-order valence-corrected chi connectivity index (χ1v) is 2.90. The van der Waals surface area contributed by atoms with Crippen molar-refractivity contribution in [3.05, 3.63) is 35.7 Å². The fourth-order valence-electron chi connectivity index (χ4n) is 0.323. The van der Waals surface area contributed by atoms with Gasteiger partial charge in [0.2, 0.25) is 0 Å². The molecular weight excluding hydrogens is 139 g/mol. The van der Waals surface area contributed by atoms with E-state index in [9.17, 15) is 4.39 Å². The van der Waals surface area contributed by atoms with Crippen molar-refractivity contribution in [2.45, 2.75) is 6.92 Å². The number of allylic oxidation sites excluding steroid dienone is 5. The molecule has 0 aliphatic heterocycles. The lowest BCUT2D eigenvalue weighted by Gasteiger charge is -1.86. The number of hydrogen-bond acceptors (Lipinski definition) is 0. The Morgan fingerprint density at radius 2 is 2.22 bits per heavy atom. The van der Waals surface area contributed by atoms with Crippen LogP contribution in [0.15, 0.2) is 35.7 Å². The molecule has 50 valence electrons. The van der Waals surface area contributed by atoms with Crippen molar-refractivity contribution in [1.82, 2.24) is 0 Å². The van der Waals surface area contributed by atoms with Crippen LogP contribution in [-0.2, 0) is 0 Å². The van der Waals surface area contributed by atoms with Crippen molar-refractivity contribution in [1.29, 1.82) is 0 Å². The maximum atomic E-state index is 12.3. The molecule has 0 aliphatic rings. The molecule has 9 heavy (non-hydrogen) atoms. The summed E-state index contributed by atoms with van der Waals surface area (Å²) in [5.41, 5.74) is 0. The van der Waals surface area contributed by atoms with Crippen molar-refractivity contribution < 1.29 is 4.39 Å². The number of rotatable bonds is 2. The number of halogens is 2. The monoisotopic (exact) mass is 146 g/mol. The van der Waals surface area contributed by atoms with Gasteiger partial charge in [-0.3, -0.25) is 0 Å². The standard InChI is InChI=1S/C7H8ClF/c1-3-5-6(8)7(9)4-2/h3-5H,2H2,1H3/b5-3-,7-6-. The Morgan fingerprint density at radius 3 is 2.56 bits per heavy atom. The summed E-state index contributed by atoms with van der Waals surface area (Å²) in [7, 11) is 0. The topological polar surface area (TPSA) is 0 Å². The molecule has 0 radical (unpaired) electrons. The van der Waals surface area contributed by atoms with Crippen LogP contribution in [0, 0.1) is 0 Å². The van der Waals surface area contributed by atoms with Crippen LogP contribution in [0.3, 0.4) is 0 Å². The predicted octanol–water partition coefficient (Wildman–Crippen LogP) is 3.17. The molecule has 0 saturated heterocycles. The molecule has 0 atom stereocenters. The fraction of sp³-hybridized carbons (Fsp3) is 0.143. The Balaban J connectivity index is 4.27. The fourth-order valence-corrected chi connectivity index (χ4v) is 0.527. The molecule has 2 heteroatoms. The van der Waals surface area contributed by atoms with Gasteiger partial charge >= 0.3 is 0 Å². The lowest BCUT2D eigenvalue weighted by Crippen LogP contribution is -1.67. The maximum absolute atomic E-state index is 12.3. The van der Waals surface area contributed by atoms with Gasteiger partial charge in [0.1, 0.15) is 5.83 Å². The molecule has 0 amide bonds. The molecule has 0 aromatic carbocycles. The summed E-state index contributed by atoms with van der Waals surface area (Å²) in [5, 5.41) is 0.0903. The van der Waals surface area contributed by atoms with Gasteiger partial charge in [-0.05, 0) is 19.1 Å². The second-order valence-corrected chi connectivity index (χ2v) is 1.81. The van der Waals surface area contributed by atoms with Crippen molar-refractivity contribution in [3.63, 3.8) is 0 Å².